The Kier molecular flexibility index (Phi) is 3.53. The summed E-state index contributed by atoms with van der Waals surface area (Å²) >= 11 is 0. The first kappa shape index (κ1) is 12.5. The summed E-state index contributed by atoms with van der Waals surface area (Å²) in [4.78, 5) is 0. The van der Waals surface area contributed by atoms with Crippen LogP contribution in [0.25, 0.3) is 0 Å². The molecule has 0 bridgehead atoms. The molecule has 18 heavy (non-hydrogen) atoms. The van der Waals surface area contributed by atoms with Crippen LogP contribution < -0.4 is 10.5 Å². The topological polar surface area (TPSA) is 55.5 Å². The van der Waals surface area contributed by atoms with Crippen LogP contribution in [0.5, 0.6) is 5.75 Å². The summed E-state index contributed by atoms with van der Waals surface area (Å²) in [7, 11) is 1.62. The highest BCUT2D eigenvalue weighted by atomic mass is 16.5. The van der Waals surface area contributed by atoms with E-state index in [2.05, 4.69) is 0 Å². The molecule has 2 aromatic carbocycles. The van der Waals surface area contributed by atoms with E-state index in [1.165, 1.54) is 0 Å². The van der Waals surface area contributed by atoms with Gasteiger partial charge in [0.15, 0.2) is 0 Å². The Labute approximate surface area is 107 Å². The standard InChI is InChI=1S/C15H17NO2/c1-10-13(4-3-5-14(10)16)15(17)11-6-8-12(18-2)9-7-11/h3-9,15,17H,16H2,1-2H3/t15-/m0/s1. The highest BCUT2D eigenvalue weighted by Crippen LogP contribution is 2.28. The molecule has 0 spiro atoms. The smallest absolute Gasteiger partial charge is 0.118 e. The monoisotopic (exact) mass is 243 g/mol. The molecule has 3 heteroatoms. The molecule has 0 unspecified atom stereocenters. The van der Waals surface area contributed by atoms with Gasteiger partial charge >= 0.3 is 0 Å². The summed E-state index contributed by atoms with van der Waals surface area (Å²) in [6.45, 7) is 1.91. The predicted octanol–water partition coefficient (Wildman–Crippen LogP) is 2.67. The van der Waals surface area contributed by atoms with E-state index in [0.29, 0.717) is 5.69 Å². The third-order valence-corrected chi connectivity index (χ3v) is 3.14. The number of rotatable bonds is 3. The Morgan fingerprint density at radius 1 is 1.11 bits per heavy atom. The summed E-state index contributed by atoms with van der Waals surface area (Å²) in [6, 6.07) is 12.9. The molecule has 3 N–H and O–H groups in total. The maximum atomic E-state index is 10.4. The van der Waals surface area contributed by atoms with Gasteiger partial charge in [-0.15, -0.1) is 0 Å². The second-order valence-electron chi connectivity index (χ2n) is 4.24. The number of aliphatic hydroxyl groups excluding tert-OH is 1. The number of nitrogens with two attached hydrogens (primary N) is 1. The molecule has 0 amide bonds. The Morgan fingerprint density at radius 3 is 2.39 bits per heavy atom. The molecule has 0 aliphatic rings. The van der Waals surface area contributed by atoms with Crippen molar-refractivity contribution in [2.24, 2.45) is 0 Å². The van der Waals surface area contributed by atoms with E-state index in [-0.39, 0.29) is 0 Å². The molecule has 0 heterocycles. The van der Waals surface area contributed by atoms with Crippen LogP contribution >= 0.6 is 0 Å². The largest absolute Gasteiger partial charge is 0.497 e. The first-order valence-electron chi connectivity index (χ1n) is 5.80. The van der Waals surface area contributed by atoms with E-state index in [0.717, 1.165) is 22.4 Å². The van der Waals surface area contributed by atoms with Crippen molar-refractivity contribution in [3.8, 4) is 5.75 Å². The van der Waals surface area contributed by atoms with Gasteiger partial charge in [-0.05, 0) is 41.8 Å². The van der Waals surface area contributed by atoms with Crippen molar-refractivity contribution in [2.75, 3.05) is 12.8 Å². The molecule has 3 nitrogen and oxygen atoms in total. The van der Waals surface area contributed by atoms with Crippen molar-refractivity contribution in [1.29, 1.82) is 0 Å². The first-order valence-corrected chi connectivity index (χ1v) is 5.80. The van der Waals surface area contributed by atoms with Crippen LogP contribution in [0.2, 0.25) is 0 Å². The van der Waals surface area contributed by atoms with Crippen molar-refractivity contribution >= 4 is 5.69 Å². The van der Waals surface area contributed by atoms with E-state index in [1.54, 1.807) is 7.11 Å². The van der Waals surface area contributed by atoms with Crippen LogP contribution in [0.1, 0.15) is 22.8 Å². The lowest BCUT2D eigenvalue weighted by Gasteiger charge is -2.15. The summed E-state index contributed by atoms with van der Waals surface area (Å²) in [5, 5.41) is 10.4. The van der Waals surface area contributed by atoms with Gasteiger partial charge in [-0.2, -0.15) is 0 Å². The third-order valence-electron chi connectivity index (χ3n) is 3.14. The Morgan fingerprint density at radius 2 is 1.78 bits per heavy atom. The maximum Gasteiger partial charge on any atom is 0.118 e. The van der Waals surface area contributed by atoms with Gasteiger partial charge in [0, 0.05) is 5.69 Å². The van der Waals surface area contributed by atoms with Crippen molar-refractivity contribution in [3.63, 3.8) is 0 Å². The minimum absolute atomic E-state index is 0.667. The number of methoxy groups -OCH3 is 1. The normalized spacial score (nSPS) is 12.2. The van der Waals surface area contributed by atoms with Gasteiger partial charge in [0.1, 0.15) is 11.9 Å². The fourth-order valence-electron chi connectivity index (χ4n) is 1.93. The van der Waals surface area contributed by atoms with Crippen molar-refractivity contribution in [3.05, 3.63) is 59.2 Å². The fourth-order valence-corrected chi connectivity index (χ4v) is 1.93. The molecule has 0 saturated carbocycles. The molecule has 1 atom stereocenters. The number of anilines is 1. The predicted molar refractivity (Wildman–Crippen MR) is 72.6 cm³/mol. The van der Waals surface area contributed by atoms with Gasteiger partial charge in [-0.3, -0.25) is 0 Å². The number of nitrogen functional groups attached to an aromatic ring is 1. The molecule has 0 aliphatic carbocycles. The Balaban J connectivity index is 2.35. The summed E-state index contributed by atoms with van der Waals surface area (Å²) in [6.07, 6.45) is -0.667. The van der Waals surface area contributed by atoms with Gasteiger partial charge in [-0.1, -0.05) is 24.3 Å². The van der Waals surface area contributed by atoms with Crippen LogP contribution in [0.3, 0.4) is 0 Å². The minimum atomic E-state index is -0.667. The number of benzene rings is 2. The molecule has 0 aromatic heterocycles. The highest BCUT2D eigenvalue weighted by molar-refractivity contribution is 5.52. The number of hydrogen-bond acceptors (Lipinski definition) is 3. The molecule has 2 rings (SSSR count). The molecular formula is C15H17NO2. The molecule has 0 fully saturated rings. The van der Waals surface area contributed by atoms with Crippen LogP contribution in [0.4, 0.5) is 5.69 Å². The molecular weight excluding hydrogens is 226 g/mol. The van der Waals surface area contributed by atoms with Gasteiger partial charge in [0.25, 0.3) is 0 Å². The SMILES string of the molecule is COc1ccc([C@H](O)c2cccc(N)c2C)cc1. The van der Waals surface area contributed by atoms with E-state index >= 15 is 0 Å². The van der Waals surface area contributed by atoms with E-state index in [9.17, 15) is 5.11 Å². The second kappa shape index (κ2) is 5.10. The fraction of sp³-hybridized carbons (Fsp3) is 0.200. The summed E-state index contributed by atoms with van der Waals surface area (Å²) < 4.78 is 5.10. The van der Waals surface area contributed by atoms with E-state index in [4.69, 9.17) is 10.5 Å². The quantitative estimate of drug-likeness (QED) is 0.815. The number of aliphatic hydroxyl groups is 1. The maximum absolute atomic E-state index is 10.4. The first-order chi connectivity index (χ1) is 8.63. The zero-order chi connectivity index (χ0) is 13.1. The molecule has 0 radical (unpaired) electrons. The lowest BCUT2D eigenvalue weighted by atomic mass is 9.96. The second-order valence-corrected chi connectivity index (χ2v) is 4.24. The van der Waals surface area contributed by atoms with Gasteiger partial charge in [0.05, 0.1) is 7.11 Å². The molecule has 0 aliphatic heterocycles. The zero-order valence-electron chi connectivity index (χ0n) is 10.6. The van der Waals surface area contributed by atoms with Crippen LogP contribution in [-0.4, -0.2) is 12.2 Å². The molecule has 2 aromatic rings. The lowest BCUT2D eigenvalue weighted by Crippen LogP contribution is -2.04. The highest BCUT2D eigenvalue weighted by Gasteiger charge is 2.13. The van der Waals surface area contributed by atoms with Crippen molar-refractivity contribution < 1.29 is 9.84 Å². The van der Waals surface area contributed by atoms with E-state index in [1.807, 2.05) is 49.4 Å². The zero-order valence-corrected chi connectivity index (χ0v) is 10.6. The van der Waals surface area contributed by atoms with Crippen molar-refractivity contribution in [2.45, 2.75) is 13.0 Å². The molecule has 94 valence electrons. The minimum Gasteiger partial charge on any atom is -0.497 e. The van der Waals surface area contributed by atoms with Crippen LogP contribution in [0.15, 0.2) is 42.5 Å². The average Bonchev–Trinajstić information content (AvgIpc) is 2.41. The lowest BCUT2D eigenvalue weighted by molar-refractivity contribution is 0.219. The summed E-state index contributed by atoms with van der Waals surface area (Å²) in [5.41, 5.74) is 9.12. The van der Waals surface area contributed by atoms with Crippen LogP contribution in [-0.2, 0) is 0 Å². The average molecular weight is 243 g/mol. The number of ether oxygens (including phenoxy) is 1. The number of hydrogen-bond donors (Lipinski definition) is 2. The van der Waals surface area contributed by atoms with Crippen LogP contribution in [0, 0.1) is 6.92 Å². The van der Waals surface area contributed by atoms with Gasteiger partial charge in [0.2, 0.25) is 0 Å². The van der Waals surface area contributed by atoms with Gasteiger partial charge < -0.3 is 15.6 Å². The summed E-state index contributed by atoms with van der Waals surface area (Å²) in [5.74, 6) is 0.773. The third kappa shape index (κ3) is 2.31. The Bertz CT molecular complexity index is 535. The van der Waals surface area contributed by atoms with Gasteiger partial charge in [-0.25, -0.2) is 0 Å². The molecule has 0 saturated heterocycles. The Hall–Kier alpha value is -2.00. The van der Waals surface area contributed by atoms with E-state index < -0.39 is 6.10 Å². The van der Waals surface area contributed by atoms with Crippen molar-refractivity contribution in [1.82, 2.24) is 0 Å².